The van der Waals surface area contributed by atoms with Crippen LogP contribution in [0.2, 0.25) is 0 Å². The van der Waals surface area contributed by atoms with Gasteiger partial charge in [0.25, 0.3) is 0 Å². The highest BCUT2D eigenvalue weighted by molar-refractivity contribution is 5.79. The van der Waals surface area contributed by atoms with Gasteiger partial charge in [-0.15, -0.1) is 0 Å². The highest BCUT2D eigenvalue weighted by Gasteiger charge is 2.15. The molecule has 0 bridgehead atoms. The number of benzene rings is 2. The fraction of sp³-hybridized carbons (Fsp3) is 0.125. The van der Waals surface area contributed by atoms with Gasteiger partial charge >= 0.3 is 6.01 Å². The van der Waals surface area contributed by atoms with Gasteiger partial charge in [-0.3, -0.25) is 4.90 Å². The summed E-state index contributed by atoms with van der Waals surface area (Å²) >= 11 is 0. The molecular weight excluding hydrogens is 264 g/mol. The topological polar surface area (TPSA) is 79.1 Å². The second kappa shape index (κ2) is 5.55. The zero-order valence-electron chi connectivity index (χ0n) is 11.4. The largest absolute Gasteiger partial charge is 0.423 e. The van der Waals surface area contributed by atoms with Crippen LogP contribution in [0.25, 0.3) is 11.1 Å². The summed E-state index contributed by atoms with van der Waals surface area (Å²) in [6, 6.07) is 17.7. The van der Waals surface area contributed by atoms with Crippen molar-refractivity contribution in [3.63, 3.8) is 0 Å². The molecule has 0 saturated carbocycles. The Morgan fingerprint density at radius 2 is 2.00 bits per heavy atom. The average Bonchev–Trinajstić information content (AvgIpc) is 2.91. The summed E-state index contributed by atoms with van der Waals surface area (Å²) in [6.07, 6.45) is 0.385. The van der Waals surface area contributed by atoms with Crippen LogP contribution in [0.15, 0.2) is 52.9 Å². The number of para-hydroxylation sites is 1. The minimum absolute atomic E-state index is 0.385. The lowest BCUT2D eigenvalue weighted by molar-refractivity contribution is 0.593. The van der Waals surface area contributed by atoms with Gasteiger partial charge < -0.3 is 10.2 Å². The van der Waals surface area contributed by atoms with E-state index in [9.17, 15) is 0 Å². The Kier molecular flexibility index (Phi) is 3.44. The van der Waals surface area contributed by atoms with Crippen LogP contribution in [-0.4, -0.2) is 11.5 Å². The lowest BCUT2D eigenvalue weighted by Gasteiger charge is -2.19. The molecule has 1 heterocycles. The Labute approximate surface area is 122 Å². The molecule has 0 unspecified atom stereocenters. The first-order valence-corrected chi connectivity index (χ1v) is 6.63. The summed E-state index contributed by atoms with van der Waals surface area (Å²) in [4.78, 5) is 6.37. The van der Waals surface area contributed by atoms with E-state index >= 15 is 0 Å². The molecule has 0 aliphatic carbocycles. The number of hydrogen-bond donors (Lipinski definition) is 1. The number of anilines is 3. The molecule has 0 spiro atoms. The van der Waals surface area contributed by atoms with Crippen molar-refractivity contribution in [2.75, 3.05) is 17.2 Å². The normalized spacial score (nSPS) is 10.4. The smallest absolute Gasteiger partial charge is 0.303 e. The second-order valence-electron chi connectivity index (χ2n) is 4.62. The Hall–Kier alpha value is -3.00. The average molecular weight is 278 g/mol. The van der Waals surface area contributed by atoms with E-state index in [1.54, 1.807) is 12.1 Å². The molecule has 2 N–H and O–H groups in total. The van der Waals surface area contributed by atoms with Crippen LogP contribution in [0, 0.1) is 11.3 Å². The minimum Gasteiger partial charge on any atom is -0.423 e. The Morgan fingerprint density at radius 1 is 1.19 bits per heavy atom. The summed E-state index contributed by atoms with van der Waals surface area (Å²) in [7, 11) is 0. The van der Waals surface area contributed by atoms with E-state index in [0.717, 1.165) is 11.2 Å². The molecule has 5 nitrogen and oxygen atoms in total. The summed E-state index contributed by atoms with van der Waals surface area (Å²) in [5.74, 6) is 0. The number of nitriles is 1. The third-order valence-corrected chi connectivity index (χ3v) is 3.15. The minimum atomic E-state index is 0.385. The predicted molar refractivity (Wildman–Crippen MR) is 82.1 cm³/mol. The molecule has 0 fully saturated rings. The van der Waals surface area contributed by atoms with Gasteiger partial charge in [0.15, 0.2) is 5.58 Å². The van der Waals surface area contributed by atoms with Gasteiger partial charge in [0.1, 0.15) is 5.52 Å². The lowest BCUT2D eigenvalue weighted by Crippen LogP contribution is -2.18. The number of nitrogens with zero attached hydrogens (tertiary/aromatic N) is 3. The fourth-order valence-corrected chi connectivity index (χ4v) is 2.15. The van der Waals surface area contributed by atoms with Crippen molar-refractivity contribution in [2.24, 2.45) is 0 Å². The summed E-state index contributed by atoms with van der Waals surface area (Å²) in [5.41, 5.74) is 8.72. The molecule has 3 aromatic rings. The first kappa shape index (κ1) is 13.0. The van der Waals surface area contributed by atoms with Crippen molar-refractivity contribution in [3.05, 3.63) is 48.5 Å². The number of nitrogens with two attached hydrogens (primary N) is 1. The molecule has 0 aliphatic rings. The zero-order valence-corrected chi connectivity index (χ0v) is 11.4. The predicted octanol–water partition coefficient (Wildman–Crippen LogP) is 3.46. The van der Waals surface area contributed by atoms with E-state index < -0.39 is 0 Å². The van der Waals surface area contributed by atoms with E-state index in [2.05, 4.69) is 11.1 Å². The SMILES string of the molecule is N#CCCN(c1ccccc1)c1nc2ccc(N)cc2o1. The van der Waals surface area contributed by atoms with Gasteiger partial charge in [-0.2, -0.15) is 10.2 Å². The molecule has 5 heteroatoms. The van der Waals surface area contributed by atoms with Crippen molar-refractivity contribution < 1.29 is 4.42 Å². The van der Waals surface area contributed by atoms with Crippen molar-refractivity contribution >= 4 is 28.5 Å². The van der Waals surface area contributed by atoms with E-state index in [-0.39, 0.29) is 0 Å². The first-order valence-electron chi connectivity index (χ1n) is 6.63. The van der Waals surface area contributed by atoms with Crippen molar-refractivity contribution in [3.8, 4) is 6.07 Å². The van der Waals surface area contributed by atoms with E-state index in [1.807, 2.05) is 41.3 Å². The van der Waals surface area contributed by atoms with Crippen LogP contribution in [0.5, 0.6) is 0 Å². The second-order valence-corrected chi connectivity index (χ2v) is 4.62. The van der Waals surface area contributed by atoms with E-state index in [0.29, 0.717) is 30.3 Å². The number of fused-ring (bicyclic) bond motifs is 1. The quantitative estimate of drug-likeness (QED) is 0.739. The van der Waals surface area contributed by atoms with E-state index in [1.165, 1.54) is 0 Å². The molecule has 0 radical (unpaired) electrons. The molecule has 21 heavy (non-hydrogen) atoms. The lowest BCUT2D eigenvalue weighted by atomic mass is 10.3. The van der Waals surface area contributed by atoms with Gasteiger partial charge in [0.05, 0.1) is 12.5 Å². The Morgan fingerprint density at radius 3 is 2.76 bits per heavy atom. The molecular formula is C16H14N4O. The highest BCUT2D eigenvalue weighted by Crippen LogP contribution is 2.29. The van der Waals surface area contributed by atoms with Crippen LogP contribution in [0.3, 0.4) is 0 Å². The van der Waals surface area contributed by atoms with Crippen molar-refractivity contribution in [1.29, 1.82) is 5.26 Å². The zero-order chi connectivity index (χ0) is 14.7. The summed E-state index contributed by atoms with van der Waals surface area (Å²) in [5, 5.41) is 8.84. The van der Waals surface area contributed by atoms with Crippen LogP contribution >= 0.6 is 0 Å². The number of rotatable bonds is 4. The van der Waals surface area contributed by atoms with Gasteiger partial charge in [-0.1, -0.05) is 18.2 Å². The molecule has 0 atom stereocenters. The summed E-state index contributed by atoms with van der Waals surface area (Å²) < 4.78 is 5.79. The Bertz CT molecular complexity index is 789. The number of hydrogen-bond acceptors (Lipinski definition) is 5. The number of nitrogen functional groups attached to an aromatic ring is 1. The maximum Gasteiger partial charge on any atom is 0.303 e. The van der Waals surface area contributed by atoms with Crippen molar-refractivity contribution in [1.82, 2.24) is 4.98 Å². The molecule has 3 rings (SSSR count). The molecule has 0 saturated heterocycles. The van der Waals surface area contributed by atoms with Gasteiger partial charge in [0.2, 0.25) is 0 Å². The Balaban J connectivity index is 2.03. The molecule has 0 amide bonds. The molecule has 1 aromatic heterocycles. The maximum atomic E-state index is 8.84. The van der Waals surface area contributed by atoms with Gasteiger partial charge in [-0.25, -0.2) is 0 Å². The van der Waals surface area contributed by atoms with Gasteiger partial charge in [0, 0.05) is 24.0 Å². The fourth-order valence-electron chi connectivity index (χ4n) is 2.15. The third-order valence-electron chi connectivity index (χ3n) is 3.15. The molecule has 2 aromatic carbocycles. The highest BCUT2D eigenvalue weighted by atomic mass is 16.4. The van der Waals surface area contributed by atoms with Crippen LogP contribution in [0.1, 0.15) is 6.42 Å². The van der Waals surface area contributed by atoms with E-state index in [4.69, 9.17) is 15.4 Å². The first-order chi connectivity index (χ1) is 10.3. The van der Waals surface area contributed by atoms with Crippen LogP contribution in [-0.2, 0) is 0 Å². The van der Waals surface area contributed by atoms with Crippen LogP contribution < -0.4 is 10.6 Å². The van der Waals surface area contributed by atoms with Crippen LogP contribution in [0.4, 0.5) is 17.4 Å². The maximum absolute atomic E-state index is 8.84. The summed E-state index contributed by atoms with van der Waals surface area (Å²) in [6.45, 7) is 0.517. The van der Waals surface area contributed by atoms with Gasteiger partial charge in [-0.05, 0) is 24.3 Å². The number of oxazole rings is 1. The number of aromatic nitrogens is 1. The monoisotopic (exact) mass is 278 g/mol. The molecule has 0 aliphatic heterocycles. The molecule has 104 valence electrons. The standard InChI is InChI=1S/C16H14N4O/c17-9-4-10-20(13-5-2-1-3-6-13)16-19-14-8-7-12(18)11-15(14)21-16/h1-3,5-8,11H,4,10,18H2. The third kappa shape index (κ3) is 2.65. The van der Waals surface area contributed by atoms with Crippen molar-refractivity contribution in [2.45, 2.75) is 6.42 Å².